The minimum absolute atomic E-state index is 0.0686. The van der Waals surface area contributed by atoms with Crippen LogP contribution in [0.3, 0.4) is 0 Å². The number of para-hydroxylation sites is 1. The topological polar surface area (TPSA) is 109 Å². The van der Waals surface area contributed by atoms with Crippen molar-refractivity contribution in [2.75, 3.05) is 11.9 Å². The van der Waals surface area contributed by atoms with Crippen molar-refractivity contribution in [2.45, 2.75) is 25.7 Å². The third-order valence-corrected chi connectivity index (χ3v) is 5.73. The van der Waals surface area contributed by atoms with E-state index in [4.69, 9.17) is 5.73 Å². The van der Waals surface area contributed by atoms with Gasteiger partial charge in [0, 0.05) is 42.3 Å². The van der Waals surface area contributed by atoms with Gasteiger partial charge >= 0.3 is 6.36 Å². The number of hydrogen-bond donors (Lipinski definition) is 4. The second-order valence-electron chi connectivity index (χ2n) is 8.49. The molecule has 4 aromatic rings. The van der Waals surface area contributed by atoms with Crippen LogP contribution in [0.4, 0.5) is 18.9 Å². The lowest BCUT2D eigenvalue weighted by atomic mass is 10.0. The summed E-state index contributed by atoms with van der Waals surface area (Å²) < 4.78 is 43.4. The lowest BCUT2D eigenvalue weighted by molar-refractivity contribution is -0.274. The number of carbonyl (C=O) groups is 2. The number of aromatic amines is 1. The molecule has 1 atom stereocenters. The molecule has 1 heterocycles. The van der Waals surface area contributed by atoms with E-state index in [9.17, 15) is 22.8 Å². The van der Waals surface area contributed by atoms with Crippen LogP contribution in [0.1, 0.15) is 22.8 Å². The van der Waals surface area contributed by atoms with Crippen LogP contribution in [0.2, 0.25) is 0 Å². The van der Waals surface area contributed by atoms with Crippen molar-refractivity contribution in [2.24, 2.45) is 5.73 Å². The average Bonchev–Trinajstić information content (AvgIpc) is 3.25. The Morgan fingerprint density at radius 3 is 2.51 bits per heavy atom. The molecule has 1 aromatic heterocycles. The summed E-state index contributed by atoms with van der Waals surface area (Å²) in [6.45, 7) is 1.43. The molecule has 1 unspecified atom stereocenters. The first-order valence-electron chi connectivity index (χ1n) is 11.5. The molecular weight excluding hydrogens is 485 g/mol. The van der Waals surface area contributed by atoms with Crippen LogP contribution in [0.5, 0.6) is 5.75 Å². The number of H-pyrrole nitrogens is 1. The Morgan fingerprint density at radius 2 is 1.78 bits per heavy atom. The molecule has 0 saturated heterocycles. The van der Waals surface area contributed by atoms with E-state index < -0.39 is 24.1 Å². The lowest BCUT2D eigenvalue weighted by Gasteiger charge is -2.19. The molecule has 0 aliphatic carbocycles. The second kappa shape index (κ2) is 10.8. The summed E-state index contributed by atoms with van der Waals surface area (Å²) in [5.41, 5.74) is 9.02. The molecule has 37 heavy (non-hydrogen) atoms. The summed E-state index contributed by atoms with van der Waals surface area (Å²) in [6.07, 6.45) is -2.79. The number of benzene rings is 3. The second-order valence-corrected chi connectivity index (χ2v) is 8.49. The number of halogens is 3. The molecule has 4 rings (SSSR count). The van der Waals surface area contributed by atoms with E-state index >= 15 is 0 Å². The average molecular weight is 511 g/mol. The number of rotatable bonds is 8. The molecule has 7 nitrogen and oxygen atoms in total. The number of alkyl halides is 3. The van der Waals surface area contributed by atoms with E-state index in [0.29, 0.717) is 23.2 Å². The van der Waals surface area contributed by atoms with Gasteiger partial charge < -0.3 is 26.1 Å². The lowest BCUT2D eigenvalue weighted by Crippen LogP contribution is -2.42. The van der Waals surface area contributed by atoms with Crippen molar-refractivity contribution in [3.8, 4) is 16.9 Å². The normalized spacial score (nSPS) is 12.2. The summed E-state index contributed by atoms with van der Waals surface area (Å²) in [7, 11) is 0. The quantitative estimate of drug-likeness (QED) is 0.268. The highest BCUT2D eigenvalue weighted by atomic mass is 19.4. The van der Waals surface area contributed by atoms with Crippen molar-refractivity contribution in [3.05, 3.63) is 84.1 Å². The summed E-state index contributed by atoms with van der Waals surface area (Å²) >= 11 is 0. The largest absolute Gasteiger partial charge is 0.573 e. The molecule has 192 valence electrons. The number of ether oxygens (including phenoxy) is 1. The van der Waals surface area contributed by atoms with Gasteiger partial charge in [0.2, 0.25) is 5.91 Å². The SMILES string of the molecule is CC(=O)Nc1cccc(-c2ccc(OC(F)(F)F)c(C(=O)NC(CN)Cc3c[nH]c4ccccc34)c2)c1. The van der Waals surface area contributed by atoms with E-state index in [2.05, 4.69) is 20.4 Å². The van der Waals surface area contributed by atoms with Crippen LogP contribution in [0, 0.1) is 0 Å². The summed E-state index contributed by atoms with van der Waals surface area (Å²) in [6, 6.07) is 17.7. The number of hydrogen-bond acceptors (Lipinski definition) is 4. The van der Waals surface area contributed by atoms with Crippen LogP contribution in [0.15, 0.2) is 72.9 Å². The summed E-state index contributed by atoms with van der Waals surface area (Å²) in [5, 5.41) is 6.37. The Labute approximate surface area is 210 Å². The van der Waals surface area contributed by atoms with E-state index in [1.54, 1.807) is 24.3 Å². The molecule has 0 aliphatic heterocycles. The molecule has 0 saturated carbocycles. The Kier molecular flexibility index (Phi) is 7.49. The monoisotopic (exact) mass is 510 g/mol. The minimum Gasteiger partial charge on any atom is -0.405 e. The molecule has 10 heteroatoms. The maximum atomic E-state index is 13.2. The molecular formula is C27H25F3N4O3. The number of carbonyl (C=O) groups excluding carboxylic acids is 2. The molecule has 3 aromatic carbocycles. The smallest absolute Gasteiger partial charge is 0.405 e. The van der Waals surface area contributed by atoms with E-state index in [1.165, 1.54) is 19.1 Å². The third-order valence-electron chi connectivity index (χ3n) is 5.73. The highest BCUT2D eigenvalue weighted by Crippen LogP contribution is 2.32. The van der Waals surface area contributed by atoms with Gasteiger partial charge in [-0.25, -0.2) is 0 Å². The molecule has 0 aliphatic rings. The number of anilines is 1. The Bertz CT molecular complexity index is 1430. The fraction of sp³-hybridized carbons (Fsp3) is 0.185. The maximum absolute atomic E-state index is 13.2. The number of nitrogens with one attached hydrogen (secondary N) is 3. The predicted octanol–water partition coefficient (Wildman–Crippen LogP) is 4.99. The van der Waals surface area contributed by atoms with Crippen LogP contribution in [-0.4, -0.2) is 35.7 Å². The fourth-order valence-electron chi connectivity index (χ4n) is 4.10. The first-order chi connectivity index (χ1) is 17.6. The summed E-state index contributed by atoms with van der Waals surface area (Å²) in [4.78, 5) is 27.8. The van der Waals surface area contributed by atoms with Crippen molar-refractivity contribution < 1.29 is 27.5 Å². The van der Waals surface area contributed by atoms with Gasteiger partial charge in [-0.3, -0.25) is 9.59 Å². The predicted molar refractivity (Wildman–Crippen MR) is 135 cm³/mol. The standard InChI is InChI=1S/C27H25F3N4O3/c1-16(35)33-20-6-4-5-17(11-20)18-9-10-25(37-27(28,29)30)23(13-18)26(36)34-21(14-31)12-19-15-32-24-8-3-2-7-22(19)24/h2-11,13,15,21,32H,12,14,31H2,1H3,(H,33,35)(H,34,36). The van der Waals surface area contributed by atoms with E-state index in [-0.39, 0.29) is 18.0 Å². The highest BCUT2D eigenvalue weighted by molar-refractivity contribution is 5.99. The molecule has 0 radical (unpaired) electrons. The maximum Gasteiger partial charge on any atom is 0.573 e. The van der Waals surface area contributed by atoms with Crippen molar-refractivity contribution >= 4 is 28.4 Å². The highest BCUT2D eigenvalue weighted by Gasteiger charge is 2.33. The summed E-state index contributed by atoms with van der Waals surface area (Å²) in [5.74, 6) is -1.65. The number of amides is 2. The molecule has 0 fully saturated rings. The van der Waals surface area contributed by atoms with Gasteiger partial charge in [-0.2, -0.15) is 0 Å². The van der Waals surface area contributed by atoms with Gasteiger partial charge in [-0.05, 0) is 53.4 Å². The van der Waals surface area contributed by atoms with Gasteiger partial charge in [0.15, 0.2) is 0 Å². The molecule has 0 spiro atoms. The molecule has 0 bridgehead atoms. The zero-order valence-corrected chi connectivity index (χ0v) is 19.9. The number of nitrogens with two attached hydrogens (primary N) is 1. The first kappa shape index (κ1) is 25.8. The Hall–Kier alpha value is -4.31. The zero-order chi connectivity index (χ0) is 26.6. The minimum atomic E-state index is -4.99. The zero-order valence-electron chi connectivity index (χ0n) is 19.9. The Morgan fingerprint density at radius 1 is 1.03 bits per heavy atom. The molecule has 5 N–H and O–H groups in total. The van der Waals surface area contributed by atoms with Crippen LogP contribution < -0.4 is 21.1 Å². The van der Waals surface area contributed by atoms with Crippen molar-refractivity contribution in [3.63, 3.8) is 0 Å². The van der Waals surface area contributed by atoms with Crippen molar-refractivity contribution in [1.82, 2.24) is 10.3 Å². The first-order valence-corrected chi connectivity index (χ1v) is 11.5. The van der Waals surface area contributed by atoms with Crippen molar-refractivity contribution in [1.29, 1.82) is 0 Å². The van der Waals surface area contributed by atoms with E-state index in [0.717, 1.165) is 22.5 Å². The van der Waals surface area contributed by atoms with Gasteiger partial charge in [0.1, 0.15) is 5.75 Å². The fourth-order valence-corrected chi connectivity index (χ4v) is 4.10. The molecule has 2 amide bonds. The van der Waals surface area contributed by atoms with Gasteiger partial charge in [0.05, 0.1) is 5.56 Å². The van der Waals surface area contributed by atoms with Gasteiger partial charge in [0.25, 0.3) is 5.91 Å². The number of fused-ring (bicyclic) bond motifs is 1. The van der Waals surface area contributed by atoms with E-state index in [1.807, 2.05) is 30.5 Å². The Balaban J connectivity index is 1.63. The number of aromatic nitrogens is 1. The van der Waals surface area contributed by atoms with Gasteiger partial charge in [-0.1, -0.05) is 36.4 Å². The third kappa shape index (κ3) is 6.47. The van der Waals surface area contributed by atoms with Crippen LogP contribution in [-0.2, 0) is 11.2 Å². The van der Waals surface area contributed by atoms with Crippen LogP contribution >= 0.6 is 0 Å². The van der Waals surface area contributed by atoms with Gasteiger partial charge in [-0.15, -0.1) is 13.2 Å². The van der Waals surface area contributed by atoms with Crippen LogP contribution in [0.25, 0.3) is 22.0 Å².